The highest BCUT2D eigenvalue weighted by Crippen LogP contribution is 2.17. The van der Waals surface area contributed by atoms with Gasteiger partial charge in [-0.05, 0) is 50.2 Å². The second kappa shape index (κ2) is 8.27. The smallest absolute Gasteiger partial charge is 0.220 e. The molecule has 4 nitrogen and oxygen atoms in total. The minimum atomic E-state index is -0.905. The molecule has 0 aliphatic carbocycles. The van der Waals surface area contributed by atoms with Gasteiger partial charge in [-0.3, -0.25) is 4.79 Å². The Morgan fingerprint density at radius 1 is 1.17 bits per heavy atom. The van der Waals surface area contributed by atoms with Gasteiger partial charge in [0.15, 0.2) is 0 Å². The van der Waals surface area contributed by atoms with Crippen molar-refractivity contribution in [1.82, 2.24) is 10.2 Å². The van der Waals surface area contributed by atoms with Crippen molar-refractivity contribution in [3.8, 4) is 0 Å². The van der Waals surface area contributed by atoms with Gasteiger partial charge in [0.05, 0.1) is 5.60 Å². The molecule has 130 valence electrons. The van der Waals surface area contributed by atoms with Crippen LogP contribution in [-0.2, 0) is 11.2 Å². The molecule has 0 aliphatic heterocycles. The lowest BCUT2D eigenvalue weighted by molar-refractivity contribution is -0.122. The molecule has 1 amide bonds. The molecule has 0 fully saturated rings. The van der Waals surface area contributed by atoms with Gasteiger partial charge in [-0.2, -0.15) is 0 Å². The average molecular weight is 328 g/mol. The van der Waals surface area contributed by atoms with Gasteiger partial charge in [0.25, 0.3) is 0 Å². The molecule has 2 N–H and O–H groups in total. The predicted octanol–water partition coefficient (Wildman–Crippen LogP) is 2.59. The van der Waals surface area contributed by atoms with Crippen LogP contribution in [0, 0.1) is 0 Å². The highest BCUT2D eigenvalue weighted by atomic mass is 16.3. The summed E-state index contributed by atoms with van der Waals surface area (Å²) in [6.45, 7) is 2.53. The number of aliphatic hydroxyl groups is 1. The fourth-order valence-corrected chi connectivity index (χ4v) is 2.96. The number of fused-ring (bicyclic) bond motifs is 1. The number of aryl methyl sites for hydroxylation is 1. The first-order chi connectivity index (χ1) is 11.4. The van der Waals surface area contributed by atoms with Gasteiger partial charge in [0, 0.05) is 19.5 Å². The van der Waals surface area contributed by atoms with Crippen LogP contribution in [0.1, 0.15) is 25.3 Å². The summed E-state index contributed by atoms with van der Waals surface area (Å²) >= 11 is 0. The van der Waals surface area contributed by atoms with Crippen molar-refractivity contribution in [1.29, 1.82) is 0 Å². The van der Waals surface area contributed by atoms with Crippen LogP contribution >= 0.6 is 0 Å². The Labute approximate surface area is 144 Å². The molecule has 0 aromatic heterocycles. The zero-order chi connectivity index (χ0) is 17.6. The van der Waals surface area contributed by atoms with E-state index in [1.807, 2.05) is 31.1 Å². The summed E-state index contributed by atoms with van der Waals surface area (Å²) in [7, 11) is 3.81. The van der Waals surface area contributed by atoms with Crippen molar-refractivity contribution in [2.75, 3.05) is 27.2 Å². The number of hydrogen-bond acceptors (Lipinski definition) is 3. The summed E-state index contributed by atoms with van der Waals surface area (Å²) in [5, 5.41) is 15.5. The van der Waals surface area contributed by atoms with Gasteiger partial charge in [-0.15, -0.1) is 0 Å². The Morgan fingerprint density at radius 2 is 1.88 bits per heavy atom. The number of hydrogen-bond donors (Lipinski definition) is 2. The Balaban J connectivity index is 1.75. The Hall–Kier alpha value is -1.91. The maximum absolute atomic E-state index is 11.9. The fraction of sp³-hybridized carbons (Fsp3) is 0.450. The van der Waals surface area contributed by atoms with E-state index in [9.17, 15) is 9.90 Å². The van der Waals surface area contributed by atoms with Crippen LogP contribution in [-0.4, -0.2) is 48.7 Å². The molecule has 0 spiro atoms. The molecule has 0 saturated carbocycles. The van der Waals surface area contributed by atoms with Crippen LogP contribution in [0.3, 0.4) is 0 Å². The lowest BCUT2D eigenvalue weighted by Gasteiger charge is -2.27. The minimum absolute atomic E-state index is 0.00480. The van der Waals surface area contributed by atoms with E-state index in [4.69, 9.17) is 0 Å². The van der Waals surface area contributed by atoms with Crippen LogP contribution in [0.2, 0.25) is 0 Å². The predicted molar refractivity (Wildman–Crippen MR) is 99.1 cm³/mol. The molecule has 0 radical (unpaired) electrons. The molecule has 2 rings (SSSR count). The lowest BCUT2D eigenvalue weighted by Crippen LogP contribution is -2.47. The van der Waals surface area contributed by atoms with Crippen LogP contribution in [0.5, 0.6) is 0 Å². The van der Waals surface area contributed by atoms with Gasteiger partial charge in [0.1, 0.15) is 0 Å². The highest BCUT2D eigenvalue weighted by molar-refractivity contribution is 5.83. The molecule has 1 unspecified atom stereocenters. The lowest BCUT2D eigenvalue weighted by atomic mass is 10.0. The summed E-state index contributed by atoms with van der Waals surface area (Å²) in [6.07, 6.45) is 2.16. The minimum Gasteiger partial charge on any atom is -0.387 e. The largest absolute Gasteiger partial charge is 0.387 e. The van der Waals surface area contributed by atoms with E-state index in [2.05, 4.69) is 35.6 Å². The summed E-state index contributed by atoms with van der Waals surface area (Å²) in [4.78, 5) is 13.9. The van der Waals surface area contributed by atoms with Crippen molar-refractivity contribution in [3.05, 3.63) is 48.0 Å². The van der Waals surface area contributed by atoms with Crippen LogP contribution in [0.15, 0.2) is 42.5 Å². The summed E-state index contributed by atoms with van der Waals surface area (Å²) < 4.78 is 0. The van der Waals surface area contributed by atoms with Crippen molar-refractivity contribution in [2.45, 2.75) is 31.8 Å². The standard InChI is InChI=1S/C20H28N2O2/c1-20(24,15-22(2)3)14-21-19(23)10-6-7-16-11-12-17-8-4-5-9-18(17)13-16/h4-5,8-9,11-13,24H,6-7,10,14-15H2,1-3H3,(H,21,23). The summed E-state index contributed by atoms with van der Waals surface area (Å²) in [5.41, 5.74) is 0.346. The van der Waals surface area contributed by atoms with E-state index < -0.39 is 5.60 Å². The molecule has 0 aliphatic rings. The first kappa shape index (κ1) is 18.4. The van der Waals surface area contributed by atoms with Gasteiger partial charge >= 0.3 is 0 Å². The Kier molecular flexibility index (Phi) is 6.35. The second-order valence-corrected chi connectivity index (χ2v) is 7.05. The third-order valence-corrected chi connectivity index (χ3v) is 4.01. The maximum Gasteiger partial charge on any atom is 0.220 e. The Morgan fingerprint density at radius 3 is 2.58 bits per heavy atom. The molecule has 2 aromatic carbocycles. The molecule has 24 heavy (non-hydrogen) atoms. The molecule has 4 heteroatoms. The number of nitrogens with zero attached hydrogens (tertiary/aromatic N) is 1. The van der Waals surface area contributed by atoms with Crippen LogP contribution in [0.25, 0.3) is 10.8 Å². The maximum atomic E-state index is 11.9. The fourth-order valence-electron chi connectivity index (χ4n) is 2.96. The van der Waals surface area contributed by atoms with Crippen molar-refractivity contribution in [2.24, 2.45) is 0 Å². The van der Waals surface area contributed by atoms with E-state index in [0.29, 0.717) is 13.0 Å². The molecular weight excluding hydrogens is 300 g/mol. The molecule has 0 bridgehead atoms. The third kappa shape index (κ3) is 5.95. The molecule has 2 aromatic rings. The second-order valence-electron chi connectivity index (χ2n) is 7.05. The highest BCUT2D eigenvalue weighted by Gasteiger charge is 2.21. The van der Waals surface area contributed by atoms with Gasteiger partial charge in [0.2, 0.25) is 5.91 Å². The van der Waals surface area contributed by atoms with E-state index in [1.54, 1.807) is 6.92 Å². The first-order valence-electron chi connectivity index (χ1n) is 8.47. The molecule has 0 saturated heterocycles. The van der Waals surface area contributed by atoms with Crippen LogP contribution < -0.4 is 5.32 Å². The normalized spacial score (nSPS) is 13.9. The number of likely N-dealkylation sites (N-methyl/N-ethyl adjacent to an activating group) is 1. The first-order valence-corrected chi connectivity index (χ1v) is 8.47. The topological polar surface area (TPSA) is 52.6 Å². The number of amides is 1. The van der Waals surface area contributed by atoms with Gasteiger partial charge in [-0.25, -0.2) is 0 Å². The molecule has 1 atom stereocenters. The third-order valence-electron chi connectivity index (χ3n) is 4.01. The van der Waals surface area contributed by atoms with E-state index >= 15 is 0 Å². The van der Waals surface area contributed by atoms with E-state index in [0.717, 1.165) is 12.8 Å². The van der Waals surface area contributed by atoms with E-state index in [-0.39, 0.29) is 12.5 Å². The van der Waals surface area contributed by atoms with E-state index in [1.165, 1.54) is 16.3 Å². The van der Waals surface area contributed by atoms with Gasteiger partial charge in [-0.1, -0.05) is 42.5 Å². The van der Waals surface area contributed by atoms with Crippen LogP contribution in [0.4, 0.5) is 0 Å². The van der Waals surface area contributed by atoms with Gasteiger partial charge < -0.3 is 15.3 Å². The zero-order valence-corrected chi connectivity index (χ0v) is 14.9. The van der Waals surface area contributed by atoms with Crippen molar-refractivity contribution >= 4 is 16.7 Å². The SMILES string of the molecule is CN(C)CC(C)(O)CNC(=O)CCCc1ccc2ccccc2c1. The summed E-state index contributed by atoms with van der Waals surface area (Å²) in [6, 6.07) is 14.7. The quantitative estimate of drug-likeness (QED) is 0.783. The summed E-state index contributed by atoms with van der Waals surface area (Å²) in [5.74, 6) is -0.00480. The van der Waals surface area contributed by atoms with Crippen molar-refractivity contribution in [3.63, 3.8) is 0 Å². The zero-order valence-electron chi connectivity index (χ0n) is 14.9. The molecule has 0 heterocycles. The monoisotopic (exact) mass is 328 g/mol. The number of carbonyl (C=O) groups excluding carboxylic acids is 1. The number of benzene rings is 2. The molecular formula is C20H28N2O2. The Bertz CT molecular complexity index is 680. The number of nitrogens with one attached hydrogen (secondary N) is 1. The average Bonchev–Trinajstić information content (AvgIpc) is 2.52. The number of carbonyl (C=O) groups is 1. The number of rotatable bonds is 8. The van der Waals surface area contributed by atoms with Crippen molar-refractivity contribution < 1.29 is 9.90 Å².